The molecule has 2 aromatic rings. The normalized spacial score (nSPS) is 20.3. The maximum Gasteiger partial charge on any atom is 0.282 e. The Bertz CT molecular complexity index is 972. The maximum atomic E-state index is 14.4. The van der Waals surface area contributed by atoms with E-state index in [9.17, 15) is 18.4 Å². The fourth-order valence-electron chi connectivity index (χ4n) is 3.95. The molecular formula is C22H20F2N2O2. The van der Waals surface area contributed by atoms with E-state index in [1.807, 2.05) is 11.0 Å². The zero-order chi connectivity index (χ0) is 19.8. The Balaban J connectivity index is 1.85. The molecule has 0 aliphatic carbocycles. The topological polar surface area (TPSA) is 40.6 Å². The molecule has 4 nitrogen and oxygen atoms in total. The monoisotopic (exact) mass is 382 g/mol. The lowest BCUT2D eigenvalue weighted by Crippen LogP contribution is -2.39. The van der Waals surface area contributed by atoms with Gasteiger partial charge in [0.15, 0.2) is 0 Å². The second kappa shape index (κ2) is 7.19. The molecule has 1 unspecified atom stereocenters. The van der Waals surface area contributed by atoms with Gasteiger partial charge in [0.05, 0.1) is 11.3 Å². The van der Waals surface area contributed by atoms with E-state index in [2.05, 4.69) is 6.92 Å². The molecule has 6 heteroatoms. The largest absolute Gasteiger partial charge is 0.366 e. The number of nitrogens with zero attached hydrogens (tertiary/aromatic N) is 2. The number of hydrogen-bond donors (Lipinski definition) is 0. The highest BCUT2D eigenvalue weighted by Crippen LogP contribution is 2.37. The highest BCUT2D eigenvalue weighted by atomic mass is 19.1. The fourth-order valence-corrected chi connectivity index (χ4v) is 3.95. The molecule has 0 radical (unpaired) electrons. The van der Waals surface area contributed by atoms with Crippen LogP contribution in [0.1, 0.15) is 25.3 Å². The molecular weight excluding hydrogens is 362 g/mol. The number of imide groups is 1. The van der Waals surface area contributed by atoms with Crippen molar-refractivity contribution >= 4 is 23.1 Å². The van der Waals surface area contributed by atoms with Crippen LogP contribution in [-0.4, -0.2) is 29.8 Å². The van der Waals surface area contributed by atoms with Crippen LogP contribution in [0.3, 0.4) is 0 Å². The van der Waals surface area contributed by atoms with Crippen molar-refractivity contribution in [2.75, 3.05) is 18.0 Å². The van der Waals surface area contributed by atoms with Gasteiger partial charge in [0.1, 0.15) is 17.3 Å². The quantitative estimate of drug-likeness (QED) is 0.754. The van der Waals surface area contributed by atoms with Gasteiger partial charge in [0.2, 0.25) is 0 Å². The van der Waals surface area contributed by atoms with E-state index in [4.69, 9.17) is 0 Å². The van der Waals surface area contributed by atoms with Crippen molar-refractivity contribution in [3.05, 3.63) is 71.4 Å². The van der Waals surface area contributed by atoms with Gasteiger partial charge in [0, 0.05) is 19.2 Å². The van der Waals surface area contributed by atoms with Gasteiger partial charge in [-0.3, -0.25) is 9.59 Å². The molecule has 0 aromatic heterocycles. The van der Waals surface area contributed by atoms with E-state index in [0.717, 1.165) is 35.9 Å². The summed E-state index contributed by atoms with van der Waals surface area (Å²) in [4.78, 5) is 29.2. The summed E-state index contributed by atoms with van der Waals surface area (Å²) in [6.07, 6.45) is 1.96. The summed E-state index contributed by atoms with van der Waals surface area (Å²) >= 11 is 0. The van der Waals surface area contributed by atoms with Crippen molar-refractivity contribution < 1.29 is 18.4 Å². The molecule has 0 bridgehead atoms. The molecule has 2 heterocycles. The van der Waals surface area contributed by atoms with Gasteiger partial charge in [-0.2, -0.15) is 0 Å². The lowest BCUT2D eigenvalue weighted by Gasteiger charge is -2.33. The Hall–Kier alpha value is -3.02. The van der Waals surface area contributed by atoms with Crippen LogP contribution in [0.5, 0.6) is 0 Å². The molecule has 2 aliphatic rings. The van der Waals surface area contributed by atoms with Crippen molar-refractivity contribution in [1.29, 1.82) is 0 Å². The summed E-state index contributed by atoms with van der Waals surface area (Å²) in [6, 6.07) is 11.6. The number of piperidine rings is 1. The Morgan fingerprint density at radius 3 is 2.46 bits per heavy atom. The van der Waals surface area contributed by atoms with Gasteiger partial charge in [0.25, 0.3) is 11.8 Å². The van der Waals surface area contributed by atoms with Crippen LogP contribution in [-0.2, 0) is 9.59 Å². The summed E-state index contributed by atoms with van der Waals surface area (Å²) in [6.45, 7) is 3.39. The number of amides is 2. The van der Waals surface area contributed by atoms with E-state index < -0.39 is 23.4 Å². The number of anilines is 1. The summed E-state index contributed by atoms with van der Waals surface area (Å²) in [5.41, 5.74) is 0.742. The number of benzene rings is 2. The van der Waals surface area contributed by atoms with E-state index in [1.165, 1.54) is 0 Å². The molecule has 144 valence electrons. The Morgan fingerprint density at radius 2 is 1.75 bits per heavy atom. The first-order valence-corrected chi connectivity index (χ1v) is 9.36. The van der Waals surface area contributed by atoms with Gasteiger partial charge in [-0.25, -0.2) is 13.7 Å². The molecule has 0 saturated carbocycles. The van der Waals surface area contributed by atoms with Gasteiger partial charge in [-0.1, -0.05) is 37.3 Å². The first-order chi connectivity index (χ1) is 13.5. The summed E-state index contributed by atoms with van der Waals surface area (Å²) in [5, 5.41) is 0. The van der Waals surface area contributed by atoms with Gasteiger partial charge >= 0.3 is 0 Å². The second-order valence-corrected chi connectivity index (χ2v) is 7.32. The SMILES string of the molecule is CC1CCCN(C2=C(c3ccccc3)C(=O)N(c3cc(F)ccc3F)C2=O)C1. The number of carbonyl (C=O) groups excluding carboxylic acids is 2. The second-order valence-electron chi connectivity index (χ2n) is 7.32. The molecule has 0 spiro atoms. The van der Waals surface area contributed by atoms with Crippen LogP contribution in [0.4, 0.5) is 14.5 Å². The standard InChI is InChI=1S/C22H20F2N2O2/c1-14-6-5-11-25(13-14)20-19(15-7-3-2-4-8-15)21(27)26(22(20)28)18-12-16(23)9-10-17(18)24/h2-4,7-10,12,14H,5-6,11,13H2,1H3. The van der Waals surface area contributed by atoms with Crippen LogP contribution in [0.25, 0.3) is 5.57 Å². The molecule has 1 fully saturated rings. The average molecular weight is 382 g/mol. The third kappa shape index (κ3) is 3.09. The minimum atomic E-state index is -0.816. The summed E-state index contributed by atoms with van der Waals surface area (Å²) in [5.74, 6) is -2.39. The van der Waals surface area contributed by atoms with Crippen LogP contribution in [0, 0.1) is 17.6 Å². The van der Waals surface area contributed by atoms with Gasteiger partial charge in [-0.15, -0.1) is 0 Å². The first kappa shape index (κ1) is 18.3. The van der Waals surface area contributed by atoms with Crippen LogP contribution in [0.15, 0.2) is 54.2 Å². The molecule has 2 aliphatic heterocycles. The molecule has 2 aromatic carbocycles. The number of carbonyl (C=O) groups is 2. The van der Waals surface area contributed by atoms with Crippen molar-refractivity contribution in [2.24, 2.45) is 5.92 Å². The fraction of sp³-hybridized carbons (Fsp3) is 0.273. The molecule has 4 rings (SSSR count). The summed E-state index contributed by atoms with van der Waals surface area (Å²) < 4.78 is 28.1. The number of halogens is 2. The third-order valence-electron chi connectivity index (χ3n) is 5.24. The average Bonchev–Trinajstić information content (AvgIpc) is 2.95. The zero-order valence-electron chi connectivity index (χ0n) is 15.5. The van der Waals surface area contributed by atoms with Gasteiger partial charge < -0.3 is 4.90 Å². The van der Waals surface area contributed by atoms with Gasteiger partial charge in [-0.05, 0) is 36.5 Å². The van der Waals surface area contributed by atoms with Crippen molar-refractivity contribution in [1.82, 2.24) is 4.90 Å². The Kier molecular flexibility index (Phi) is 4.71. The summed E-state index contributed by atoms with van der Waals surface area (Å²) in [7, 11) is 0. The van der Waals surface area contributed by atoms with Crippen molar-refractivity contribution in [2.45, 2.75) is 19.8 Å². The Morgan fingerprint density at radius 1 is 1.00 bits per heavy atom. The minimum Gasteiger partial charge on any atom is -0.366 e. The number of likely N-dealkylation sites (tertiary alicyclic amines) is 1. The van der Waals surface area contributed by atoms with Crippen LogP contribution in [0.2, 0.25) is 0 Å². The number of hydrogen-bond acceptors (Lipinski definition) is 3. The van der Waals surface area contributed by atoms with E-state index in [0.29, 0.717) is 24.6 Å². The van der Waals surface area contributed by atoms with Crippen LogP contribution < -0.4 is 4.90 Å². The zero-order valence-corrected chi connectivity index (χ0v) is 15.5. The predicted octanol–water partition coefficient (Wildman–Crippen LogP) is 3.98. The highest BCUT2D eigenvalue weighted by Gasteiger charge is 2.44. The van der Waals surface area contributed by atoms with E-state index in [1.54, 1.807) is 24.3 Å². The third-order valence-corrected chi connectivity index (χ3v) is 5.24. The predicted molar refractivity (Wildman–Crippen MR) is 102 cm³/mol. The van der Waals surface area contributed by atoms with Crippen molar-refractivity contribution in [3.63, 3.8) is 0 Å². The lowest BCUT2D eigenvalue weighted by atomic mass is 9.98. The highest BCUT2D eigenvalue weighted by molar-refractivity contribution is 6.45. The molecule has 1 saturated heterocycles. The minimum absolute atomic E-state index is 0.239. The molecule has 1 atom stereocenters. The van der Waals surface area contributed by atoms with Crippen molar-refractivity contribution in [3.8, 4) is 0 Å². The molecule has 2 amide bonds. The smallest absolute Gasteiger partial charge is 0.282 e. The Labute approximate surface area is 162 Å². The maximum absolute atomic E-state index is 14.4. The molecule has 28 heavy (non-hydrogen) atoms. The number of rotatable bonds is 3. The van der Waals surface area contributed by atoms with E-state index >= 15 is 0 Å². The molecule has 0 N–H and O–H groups in total. The first-order valence-electron chi connectivity index (χ1n) is 9.36. The van der Waals surface area contributed by atoms with Crippen LogP contribution >= 0.6 is 0 Å². The lowest BCUT2D eigenvalue weighted by molar-refractivity contribution is -0.120. The van der Waals surface area contributed by atoms with E-state index in [-0.39, 0.29) is 17.0 Å².